The molecule has 0 radical (unpaired) electrons. The molecule has 1 aliphatic carbocycles. The van der Waals surface area contributed by atoms with E-state index >= 15 is 0 Å². The molecule has 0 aromatic heterocycles. The molecule has 19 heavy (non-hydrogen) atoms. The lowest BCUT2D eigenvalue weighted by Gasteiger charge is -2.31. The van der Waals surface area contributed by atoms with Gasteiger partial charge in [-0.3, -0.25) is 4.90 Å². The van der Waals surface area contributed by atoms with Gasteiger partial charge >= 0.3 is 6.03 Å². The fourth-order valence-electron chi connectivity index (χ4n) is 3.13. The van der Waals surface area contributed by atoms with Crippen molar-refractivity contribution in [3.8, 4) is 0 Å². The maximum absolute atomic E-state index is 12.4. The molecule has 3 rings (SSSR count). The summed E-state index contributed by atoms with van der Waals surface area (Å²) in [5.74, 6) is 0. The smallest absolute Gasteiger partial charge is 0.322 e. The second-order valence-corrected chi connectivity index (χ2v) is 5.57. The first-order chi connectivity index (χ1) is 9.24. The lowest BCUT2D eigenvalue weighted by Crippen LogP contribution is -2.46. The number of amides is 2. The minimum absolute atomic E-state index is 0.0402. The van der Waals surface area contributed by atoms with Crippen molar-refractivity contribution in [2.45, 2.75) is 44.6 Å². The maximum atomic E-state index is 12.4. The van der Waals surface area contributed by atoms with Crippen LogP contribution in [0.25, 0.3) is 0 Å². The molecular weight excluding hydrogens is 238 g/mol. The van der Waals surface area contributed by atoms with Gasteiger partial charge in [-0.1, -0.05) is 18.9 Å². The standard InChI is InChI=1S/C15H21N3O/c16-12-8-7-11-4-3-9-18(14(11)10-12)15(19)17-13-5-1-2-6-13/h7-8,10,13H,1-6,9,16H2,(H,17,19). The highest BCUT2D eigenvalue weighted by Crippen LogP contribution is 2.29. The molecule has 1 aromatic rings. The summed E-state index contributed by atoms with van der Waals surface area (Å²) in [6.45, 7) is 0.787. The second-order valence-electron chi connectivity index (χ2n) is 5.57. The summed E-state index contributed by atoms with van der Waals surface area (Å²) in [7, 11) is 0. The summed E-state index contributed by atoms with van der Waals surface area (Å²) in [5.41, 5.74) is 8.78. The Hall–Kier alpha value is -1.71. The average Bonchev–Trinajstić information content (AvgIpc) is 2.90. The van der Waals surface area contributed by atoms with E-state index < -0.39 is 0 Å². The Morgan fingerprint density at radius 1 is 1.26 bits per heavy atom. The van der Waals surface area contributed by atoms with Crippen molar-refractivity contribution < 1.29 is 4.79 Å². The highest BCUT2D eigenvalue weighted by molar-refractivity contribution is 5.94. The van der Waals surface area contributed by atoms with E-state index in [-0.39, 0.29) is 6.03 Å². The van der Waals surface area contributed by atoms with Gasteiger partial charge in [-0.2, -0.15) is 0 Å². The fraction of sp³-hybridized carbons (Fsp3) is 0.533. The highest BCUT2D eigenvalue weighted by atomic mass is 16.2. The number of nitrogens with one attached hydrogen (secondary N) is 1. The van der Waals surface area contributed by atoms with Gasteiger partial charge in [0.25, 0.3) is 0 Å². The number of aryl methyl sites for hydroxylation is 1. The number of nitrogens with two attached hydrogens (primary N) is 1. The van der Waals surface area contributed by atoms with E-state index in [9.17, 15) is 4.79 Å². The van der Waals surface area contributed by atoms with Gasteiger partial charge in [0.05, 0.1) is 5.69 Å². The maximum Gasteiger partial charge on any atom is 0.322 e. The van der Waals surface area contributed by atoms with E-state index in [1.807, 2.05) is 23.1 Å². The molecule has 2 aliphatic rings. The number of rotatable bonds is 1. The van der Waals surface area contributed by atoms with Crippen LogP contribution >= 0.6 is 0 Å². The zero-order valence-corrected chi connectivity index (χ0v) is 11.2. The number of urea groups is 1. The number of carbonyl (C=O) groups excluding carboxylic acids is 1. The van der Waals surface area contributed by atoms with Gasteiger partial charge in [0.2, 0.25) is 0 Å². The van der Waals surface area contributed by atoms with Gasteiger partial charge in [-0.15, -0.1) is 0 Å². The van der Waals surface area contributed by atoms with E-state index in [0.717, 1.165) is 43.6 Å². The van der Waals surface area contributed by atoms with Gasteiger partial charge in [-0.05, 0) is 43.4 Å². The molecule has 0 spiro atoms. The quantitative estimate of drug-likeness (QED) is 0.762. The first kappa shape index (κ1) is 12.3. The van der Waals surface area contributed by atoms with Crippen molar-refractivity contribution in [1.82, 2.24) is 5.32 Å². The number of anilines is 2. The van der Waals surface area contributed by atoms with Crippen LogP contribution in [0.4, 0.5) is 16.2 Å². The number of nitrogens with zero attached hydrogens (tertiary/aromatic N) is 1. The Labute approximate surface area is 114 Å². The molecular formula is C15H21N3O. The van der Waals surface area contributed by atoms with Crippen LogP contribution < -0.4 is 16.0 Å². The zero-order valence-electron chi connectivity index (χ0n) is 11.2. The molecule has 1 aromatic carbocycles. The van der Waals surface area contributed by atoms with Crippen LogP contribution in [0.2, 0.25) is 0 Å². The topological polar surface area (TPSA) is 58.4 Å². The number of hydrogen-bond donors (Lipinski definition) is 2. The molecule has 4 heteroatoms. The Bertz CT molecular complexity index is 480. The number of hydrogen-bond acceptors (Lipinski definition) is 2. The van der Waals surface area contributed by atoms with Gasteiger partial charge in [0, 0.05) is 18.3 Å². The molecule has 0 unspecified atom stereocenters. The summed E-state index contributed by atoms with van der Waals surface area (Å²) in [6.07, 6.45) is 6.74. The normalized spacial score (nSPS) is 19.3. The monoisotopic (exact) mass is 259 g/mol. The van der Waals surface area contributed by atoms with Crippen LogP contribution in [0.15, 0.2) is 18.2 Å². The minimum atomic E-state index is 0.0402. The number of benzene rings is 1. The van der Waals surface area contributed by atoms with Crippen molar-refractivity contribution in [2.24, 2.45) is 0 Å². The predicted molar refractivity (Wildman–Crippen MR) is 77.3 cm³/mol. The van der Waals surface area contributed by atoms with Crippen molar-refractivity contribution >= 4 is 17.4 Å². The van der Waals surface area contributed by atoms with E-state index in [1.54, 1.807) is 0 Å². The lowest BCUT2D eigenvalue weighted by atomic mass is 10.0. The summed E-state index contributed by atoms with van der Waals surface area (Å²) < 4.78 is 0. The van der Waals surface area contributed by atoms with E-state index in [2.05, 4.69) is 5.32 Å². The van der Waals surface area contributed by atoms with Gasteiger partial charge in [0.1, 0.15) is 0 Å². The van der Waals surface area contributed by atoms with E-state index in [0.29, 0.717) is 6.04 Å². The van der Waals surface area contributed by atoms with Crippen LogP contribution in [-0.4, -0.2) is 18.6 Å². The Kier molecular flexibility index (Phi) is 3.32. The second kappa shape index (κ2) is 5.11. The molecule has 102 valence electrons. The predicted octanol–water partition coefficient (Wildman–Crippen LogP) is 2.67. The first-order valence-electron chi connectivity index (χ1n) is 7.20. The third-order valence-corrected chi connectivity index (χ3v) is 4.16. The van der Waals surface area contributed by atoms with Crippen molar-refractivity contribution in [3.63, 3.8) is 0 Å². The zero-order chi connectivity index (χ0) is 13.2. The van der Waals surface area contributed by atoms with Gasteiger partial charge in [-0.25, -0.2) is 4.79 Å². The third kappa shape index (κ3) is 2.53. The largest absolute Gasteiger partial charge is 0.399 e. The number of nitrogen functional groups attached to an aromatic ring is 1. The SMILES string of the molecule is Nc1ccc2c(c1)N(C(=O)NC1CCCC1)CCC2. The van der Waals surface area contributed by atoms with Crippen LogP contribution in [0.5, 0.6) is 0 Å². The van der Waals surface area contributed by atoms with E-state index in [1.165, 1.54) is 18.4 Å². The molecule has 0 bridgehead atoms. The van der Waals surface area contributed by atoms with Crippen LogP contribution in [0.3, 0.4) is 0 Å². The van der Waals surface area contributed by atoms with Crippen molar-refractivity contribution in [3.05, 3.63) is 23.8 Å². The Morgan fingerprint density at radius 3 is 2.84 bits per heavy atom. The van der Waals surface area contributed by atoms with Crippen molar-refractivity contribution in [2.75, 3.05) is 17.2 Å². The molecule has 4 nitrogen and oxygen atoms in total. The molecule has 1 fully saturated rings. The molecule has 0 saturated heterocycles. The summed E-state index contributed by atoms with van der Waals surface area (Å²) in [6, 6.07) is 6.27. The molecule has 3 N–H and O–H groups in total. The summed E-state index contributed by atoms with van der Waals surface area (Å²) in [5, 5.41) is 3.16. The van der Waals surface area contributed by atoms with Crippen molar-refractivity contribution in [1.29, 1.82) is 0 Å². The van der Waals surface area contributed by atoms with Gasteiger partial charge < -0.3 is 11.1 Å². The first-order valence-corrected chi connectivity index (χ1v) is 7.20. The summed E-state index contributed by atoms with van der Waals surface area (Å²) in [4.78, 5) is 14.3. The number of carbonyl (C=O) groups is 1. The Balaban J connectivity index is 1.78. The van der Waals surface area contributed by atoms with Crippen LogP contribution in [0.1, 0.15) is 37.7 Å². The molecule has 1 saturated carbocycles. The van der Waals surface area contributed by atoms with Crippen LogP contribution in [0, 0.1) is 0 Å². The lowest BCUT2D eigenvalue weighted by molar-refractivity contribution is 0.242. The third-order valence-electron chi connectivity index (χ3n) is 4.16. The fourth-order valence-corrected chi connectivity index (χ4v) is 3.13. The minimum Gasteiger partial charge on any atom is -0.399 e. The molecule has 2 amide bonds. The molecule has 0 atom stereocenters. The van der Waals surface area contributed by atoms with Gasteiger partial charge in [0.15, 0.2) is 0 Å². The molecule has 1 heterocycles. The average molecular weight is 259 g/mol. The molecule has 1 aliphatic heterocycles. The highest BCUT2D eigenvalue weighted by Gasteiger charge is 2.25. The summed E-state index contributed by atoms with van der Waals surface area (Å²) >= 11 is 0. The number of fused-ring (bicyclic) bond motifs is 1. The Morgan fingerprint density at radius 2 is 2.05 bits per heavy atom. The van der Waals surface area contributed by atoms with E-state index in [4.69, 9.17) is 5.73 Å². The van der Waals surface area contributed by atoms with Crippen LogP contribution in [-0.2, 0) is 6.42 Å².